The molecule has 1 amide bonds. The van der Waals surface area contributed by atoms with Crippen molar-refractivity contribution in [3.63, 3.8) is 0 Å². The normalized spacial score (nSPS) is 11.0. The van der Waals surface area contributed by atoms with Crippen LogP contribution in [0.2, 0.25) is 0 Å². The molecule has 0 saturated heterocycles. The topological polar surface area (TPSA) is 76.2 Å². The van der Waals surface area contributed by atoms with E-state index in [0.29, 0.717) is 17.7 Å². The first-order valence-electron chi connectivity index (χ1n) is 9.26. The van der Waals surface area contributed by atoms with Crippen molar-refractivity contribution in [2.45, 2.75) is 38.5 Å². The summed E-state index contributed by atoms with van der Waals surface area (Å²) < 4.78 is 7.21. The Morgan fingerprint density at radius 3 is 2.71 bits per heavy atom. The second kappa shape index (κ2) is 9.45. The van der Waals surface area contributed by atoms with Crippen molar-refractivity contribution < 1.29 is 9.21 Å². The lowest BCUT2D eigenvalue weighted by Gasteiger charge is -2.27. The molecule has 0 aliphatic rings. The van der Waals surface area contributed by atoms with E-state index in [1.165, 1.54) is 11.8 Å². The molecule has 0 aliphatic carbocycles. The molecule has 0 radical (unpaired) electrons. The molecular formula is C20H25N5O2S. The second-order valence-corrected chi connectivity index (χ2v) is 7.53. The van der Waals surface area contributed by atoms with Gasteiger partial charge in [0, 0.05) is 24.0 Å². The Labute approximate surface area is 169 Å². The van der Waals surface area contributed by atoms with Crippen LogP contribution in [0.25, 0.3) is 0 Å². The van der Waals surface area contributed by atoms with Crippen LogP contribution in [0.1, 0.15) is 26.5 Å². The number of nitrogens with zero attached hydrogens (tertiary/aromatic N) is 4. The summed E-state index contributed by atoms with van der Waals surface area (Å²) in [4.78, 5) is 14.6. The van der Waals surface area contributed by atoms with E-state index in [4.69, 9.17) is 4.42 Å². The molecule has 2 aromatic heterocycles. The number of carbonyl (C=O) groups is 1. The molecule has 28 heavy (non-hydrogen) atoms. The van der Waals surface area contributed by atoms with Crippen molar-refractivity contribution in [1.82, 2.24) is 14.8 Å². The monoisotopic (exact) mass is 399 g/mol. The largest absolute Gasteiger partial charge is 0.467 e. The van der Waals surface area contributed by atoms with Crippen LogP contribution >= 0.6 is 11.8 Å². The number of furan rings is 1. The maximum absolute atomic E-state index is 12.3. The van der Waals surface area contributed by atoms with E-state index < -0.39 is 0 Å². The molecule has 0 atom stereocenters. The summed E-state index contributed by atoms with van der Waals surface area (Å²) in [6, 6.07) is 12.1. The zero-order valence-corrected chi connectivity index (χ0v) is 17.1. The highest BCUT2D eigenvalue weighted by Gasteiger charge is 2.11. The Morgan fingerprint density at radius 2 is 2.07 bits per heavy atom. The molecule has 148 valence electrons. The molecule has 0 saturated carbocycles. The summed E-state index contributed by atoms with van der Waals surface area (Å²) in [7, 11) is 0. The summed E-state index contributed by atoms with van der Waals surface area (Å²) >= 11 is 1.35. The number of carbonyl (C=O) groups excluding carboxylic acids is 1. The second-order valence-electron chi connectivity index (χ2n) is 6.58. The van der Waals surface area contributed by atoms with Gasteiger partial charge >= 0.3 is 0 Å². The lowest BCUT2D eigenvalue weighted by molar-refractivity contribution is -0.113. The van der Waals surface area contributed by atoms with Crippen molar-refractivity contribution in [3.8, 4) is 0 Å². The standard InChI is InChI=1S/C20H25N5O2S/c1-4-25(15(2)3)17-9-7-16(8-10-17)22-19(26)13-28-20-23-21-14-24(20)12-18-6-5-11-27-18/h5-11,14-15H,4,12-13H2,1-3H3,(H,22,26). The Bertz CT molecular complexity index is 874. The van der Waals surface area contributed by atoms with Crippen molar-refractivity contribution in [1.29, 1.82) is 0 Å². The van der Waals surface area contributed by atoms with Gasteiger partial charge in [0.15, 0.2) is 5.16 Å². The molecule has 8 heteroatoms. The van der Waals surface area contributed by atoms with Gasteiger partial charge in [-0.05, 0) is 57.2 Å². The predicted octanol–water partition coefficient (Wildman–Crippen LogP) is 3.88. The molecule has 0 aliphatic heterocycles. The highest BCUT2D eigenvalue weighted by atomic mass is 32.2. The van der Waals surface area contributed by atoms with Gasteiger partial charge in [-0.2, -0.15) is 0 Å². The fourth-order valence-electron chi connectivity index (χ4n) is 2.94. The summed E-state index contributed by atoms with van der Waals surface area (Å²) in [6.45, 7) is 7.95. The van der Waals surface area contributed by atoms with Crippen LogP contribution in [-0.4, -0.2) is 39.0 Å². The molecule has 7 nitrogen and oxygen atoms in total. The molecule has 1 aromatic carbocycles. The van der Waals surface area contributed by atoms with Gasteiger partial charge in [0.2, 0.25) is 5.91 Å². The number of hydrogen-bond acceptors (Lipinski definition) is 6. The SMILES string of the molecule is CCN(c1ccc(NC(=O)CSc2nncn2Cc2ccco2)cc1)C(C)C. The minimum Gasteiger partial charge on any atom is -0.467 e. The molecule has 3 aromatic rings. The van der Waals surface area contributed by atoms with Crippen LogP contribution in [0.4, 0.5) is 11.4 Å². The predicted molar refractivity (Wildman–Crippen MR) is 112 cm³/mol. The first-order chi connectivity index (χ1) is 13.6. The maximum Gasteiger partial charge on any atom is 0.234 e. The zero-order chi connectivity index (χ0) is 19.9. The Balaban J connectivity index is 1.53. The quantitative estimate of drug-likeness (QED) is 0.550. The number of hydrogen-bond donors (Lipinski definition) is 1. The van der Waals surface area contributed by atoms with E-state index in [9.17, 15) is 4.79 Å². The molecule has 0 fully saturated rings. The molecule has 0 bridgehead atoms. The van der Waals surface area contributed by atoms with Crippen molar-refractivity contribution >= 4 is 29.0 Å². The number of thioether (sulfide) groups is 1. The Morgan fingerprint density at radius 1 is 1.29 bits per heavy atom. The third kappa shape index (κ3) is 5.16. The molecule has 0 unspecified atom stereocenters. The van der Waals surface area contributed by atoms with E-state index in [-0.39, 0.29) is 11.7 Å². The number of anilines is 2. The highest BCUT2D eigenvalue weighted by molar-refractivity contribution is 7.99. The van der Waals surface area contributed by atoms with Crippen LogP contribution < -0.4 is 10.2 Å². The third-order valence-corrected chi connectivity index (χ3v) is 5.25. The van der Waals surface area contributed by atoms with Crippen molar-refractivity contribution in [2.24, 2.45) is 0 Å². The van der Waals surface area contributed by atoms with Crippen LogP contribution in [0.15, 0.2) is 58.6 Å². The fourth-order valence-corrected chi connectivity index (χ4v) is 3.66. The Kier molecular flexibility index (Phi) is 6.76. The first kappa shape index (κ1) is 20.0. The number of benzene rings is 1. The van der Waals surface area contributed by atoms with E-state index >= 15 is 0 Å². The third-order valence-electron chi connectivity index (χ3n) is 4.27. The average Bonchev–Trinajstić information content (AvgIpc) is 3.34. The highest BCUT2D eigenvalue weighted by Crippen LogP contribution is 2.21. The van der Waals surface area contributed by atoms with Gasteiger partial charge in [-0.25, -0.2) is 0 Å². The summed E-state index contributed by atoms with van der Waals surface area (Å²) in [5.74, 6) is 0.987. The van der Waals surface area contributed by atoms with E-state index in [1.807, 2.05) is 41.0 Å². The fraction of sp³-hybridized carbons (Fsp3) is 0.350. The summed E-state index contributed by atoms with van der Waals surface area (Å²) in [5.41, 5.74) is 1.93. The van der Waals surface area contributed by atoms with Crippen LogP contribution in [0.3, 0.4) is 0 Å². The summed E-state index contributed by atoms with van der Waals surface area (Å²) in [5, 5.41) is 11.6. The minimum atomic E-state index is -0.0819. The number of amides is 1. The molecule has 2 heterocycles. The number of aromatic nitrogens is 3. The lowest BCUT2D eigenvalue weighted by atomic mass is 10.2. The van der Waals surface area contributed by atoms with Gasteiger partial charge in [-0.3, -0.25) is 4.79 Å². The van der Waals surface area contributed by atoms with Gasteiger partial charge in [0.05, 0.1) is 18.6 Å². The molecular weight excluding hydrogens is 374 g/mol. The van der Waals surface area contributed by atoms with Crippen molar-refractivity contribution in [3.05, 3.63) is 54.7 Å². The number of rotatable bonds is 9. The van der Waals surface area contributed by atoms with Crippen LogP contribution in [0.5, 0.6) is 0 Å². The number of nitrogens with one attached hydrogen (secondary N) is 1. The van der Waals surface area contributed by atoms with Crippen LogP contribution in [-0.2, 0) is 11.3 Å². The van der Waals surface area contributed by atoms with E-state index in [1.54, 1.807) is 12.6 Å². The molecule has 0 spiro atoms. The average molecular weight is 400 g/mol. The van der Waals surface area contributed by atoms with Gasteiger partial charge in [-0.1, -0.05) is 11.8 Å². The minimum absolute atomic E-state index is 0.0819. The van der Waals surface area contributed by atoms with Gasteiger partial charge < -0.3 is 19.2 Å². The van der Waals surface area contributed by atoms with E-state index in [0.717, 1.165) is 23.7 Å². The van der Waals surface area contributed by atoms with Crippen molar-refractivity contribution in [2.75, 3.05) is 22.5 Å². The van der Waals surface area contributed by atoms with Crippen LogP contribution in [0, 0.1) is 0 Å². The maximum atomic E-state index is 12.3. The van der Waals surface area contributed by atoms with Gasteiger partial charge in [-0.15, -0.1) is 10.2 Å². The molecule has 1 N–H and O–H groups in total. The summed E-state index contributed by atoms with van der Waals surface area (Å²) in [6.07, 6.45) is 3.27. The Hall–Kier alpha value is -2.74. The lowest BCUT2D eigenvalue weighted by Crippen LogP contribution is -2.30. The first-order valence-corrected chi connectivity index (χ1v) is 10.2. The van der Waals surface area contributed by atoms with Gasteiger partial charge in [0.1, 0.15) is 12.1 Å². The van der Waals surface area contributed by atoms with E-state index in [2.05, 4.69) is 41.2 Å². The molecule has 3 rings (SSSR count). The smallest absolute Gasteiger partial charge is 0.234 e. The van der Waals surface area contributed by atoms with Gasteiger partial charge in [0.25, 0.3) is 0 Å². The zero-order valence-electron chi connectivity index (χ0n) is 16.3.